The Morgan fingerprint density at radius 2 is 2.10 bits per heavy atom. The van der Waals surface area contributed by atoms with Gasteiger partial charge in [0.25, 0.3) is 0 Å². The summed E-state index contributed by atoms with van der Waals surface area (Å²) in [5.41, 5.74) is 0.0928. The first-order valence-electron chi connectivity index (χ1n) is 5.87. The van der Waals surface area contributed by atoms with Gasteiger partial charge in [-0.3, -0.25) is 4.98 Å². The fourth-order valence-corrected chi connectivity index (χ4v) is 3.02. The van der Waals surface area contributed by atoms with E-state index in [1.165, 1.54) is 23.1 Å². The van der Waals surface area contributed by atoms with Crippen LogP contribution in [0, 0.1) is 0 Å². The molecule has 0 aliphatic rings. The monoisotopic (exact) mass is 341 g/mol. The molecule has 0 atom stereocenters. The van der Waals surface area contributed by atoms with Crippen LogP contribution in [0.4, 0.5) is 0 Å². The summed E-state index contributed by atoms with van der Waals surface area (Å²) < 4.78 is 7.08. The number of aromatic nitrogens is 3. The number of hydrogen-bond donors (Lipinski definition) is 1. The minimum absolute atomic E-state index is 0.380. The van der Waals surface area contributed by atoms with E-state index in [2.05, 4.69) is 10.1 Å². The fourth-order valence-electron chi connectivity index (χ4n) is 1.87. The van der Waals surface area contributed by atoms with Crippen molar-refractivity contribution < 1.29 is 4.74 Å². The standard InChI is InChI=1S/C13H9Cl2N3O2S/c1-20-9-3-2-7(14)6-8(9)18-13(19)16-12(17-18)10-4-5-11(15)21-10/h2-6H,1H3,(H,16,17,19). The predicted octanol–water partition coefficient (Wildman–Crippen LogP) is 3.60. The maximum absolute atomic E-state index is 12.1. The molecule has 0 saturated heterocycles. The molecule has 0 radical (unpaired) electrons. The van der Waals surface area contributed by atoms with E-state index in [0.29, 0.717) is 26.6 Å². The van der Waals surface area contributed by atoms with Gasteiger partial charge >= 0.3 is 5.69 Å². The van der Waals surface area contributed by atoms with E-state index in [1.54, 1.807) is 30.3 Å². The molecule has 0 fully saturated rings. The minimum Gasteiger partial charge on any atom is -0.494 e. The summed E-state index contributed by atoms with van der Waals surface area (Å²) in [4.78, 5) is 15.6. The maximum atomic E-state index is 12.1. The number of aromatic amines is 1. The van der Waals surface area contributed by atoms with Gasteiger partial charge in [0.2, 0.25) is 0 Å². The molecule has 0 amide bonds. The largest absolute Gasteiger partial charge is 0.494 e. The second kappa shape index (κ2) is 5.55. The molecule has 108 valence electrons. The molecule has 3 rings (SSSR count). The molecule has 8 heteroatoms. The SMILES string of the molecule is COc1ccc(Cl)cc1-n1nc(-c2ccc(Cl)s2)[nH]c1=O. The van der Waals surface area contributed by atoms with E-state index in [0.717, 1.165) is 4.88 Å². The number of benzene rings is 1. The molecule has 0 spiro atoms. The van der Waals surface area contributed by atoms with Gasteiger partial charge in [0.05, 0.1) is 16.3 Å². The van der Waals surface area contributed by atoms with Crippen molar-refractivity contribution >= 4 is 34.5 Å². The highest BCUT2D eigenvalue weighted by Crippen LogP contribution is 2.29. The number of H-pyrrole nitrogens is 1. The molecule has 5 nitrogen and oxygen atoms in total. The summed E-state index contributed by atoms with van der Waals surface area (Å²) in [7, 11) is 1.52. The molecule has 21 heavy (non-hydrogen) atoms. The zero-order valence-electron chi connectivity index (χ0n) is 10.8. The van der Waals surface area contributed by atoms with Gasteiger partial charge in [-0.25, -0.2) is 4.79 Å². The summed E-state index contributed by atoms with van der Waals surface area (Å²) in [5.74, 6) is 0.947. The summed E-state index contributed by atoms with van der Waals surface area (Å²) in [6, 6.07) is 8.53. The van der Waals surface area contributed by atoms with Gasteiger partial charge in [0, 0.05) is 5.02 Å². The van der Waals surface area contributed by atoms with Gasteiger partial charge in [-0.1, -0.05) is 23.2 Å². The summed E-state index contributed by atoms with van der Waals surface area (Å²) in [6.07, 6.45) is 0. The number of nitrogens with one attached hydrogen (secondary N) is 1. The Labute approximate surface area is 133 Å². The number of nitrogens with zero attached hydrogens (tertiary/aromatic N) is 2. The van der Waals surface area contributed by atoms with Crippen LogP contribution in [0.15, 0.2) is 35.1 Å². The van der Waals surface area contributed by atoms with Crippen LogP contribution < -0.4 is 10.4 Å². The van der Waals surface area contributed by atoms with Gasteiger partial charge in [0.1, 0.15) is 11.4 Å². The van der Waals surface area contributed by atoms with E-state index in [4.69, 9.17) is 27.9 Å². The van der Waals surface area contributed by atoms with Crippen molar-refractivity contribution in [3.05, 3.63) is 50.2 Å². The summed E-state index contributed by atoms with van der Waals surface area (Å²) in [6.45, 7) is 0. The normalized spacial score (nSPS) is 10.8. The van der Waals surface area contributed by atoms with Gasteiger partial charge < -0.3 is 4.74 Å². The molecule has 0 aliphatic heterocycles. The fraction of sp³-hybridized carbons (Fsp3) is 0.0769. The second-order valence-corrected chi connectivity index (χ2v) is 6.26. The quantitative estimate of drug-likeness (QED) is 0.791. The van der Waals surface area contributed by atoms with Crippen molar-refractivity contribution in [3.8, 4) is 22.1 Å². The highest BCUT2D eigenvalue weighted by molar-refractivity contribution is 7.19. The average Bonchev–Trinajstić information content (AvgIpc) is 3.05. The first-order chi connectivity index (χ1) is 10.1. The average molecular weight is 342 g/mol. The molecule has 1 N–H and O–H groups in total. The topological polar surface area (TPSA) is 59.9 Å². The van der Waals surface area contributed by atoms with Crippen molar-refractivity contribution in [2.24, 2.45) is 0 Å². The highest BCUT2D eigenvalue weighted by atomic mass is 35.5. The van der Waals surface area contributed by atoms with Crippen molar-refractivity contribution in [3.63, 3.8) is 0 Å². The lowest BCUT2D eigenvalue weighted by Gasteiger charge is -2.07. The summed E-state index contributed by atoms with van der Waals surface area (Å²) >= 11 is 13.2. The number of halogens is 2. The van der Waals surface area contributed by atoms with E-state index in [9.17, 15) is 4.79 Å². The van der Waals surface area contributed by atoms with Crippen molar-refractivity contribution in [1.82, 2.24) is 14.8 Å². The lowest BCUT2D eigenvalue weighted by molar-refractivity contribution is 0.411. The van der Waals surface area contributed by atoms with E-state index in [1.807, 2.05) is 0 Å². The van der Waals surface area contributed by atoms with Crippen molar-refractivity contribution in [1.29, 1.82) is 0 Å². The Balaban J connectivity index is 2.14. The molecular formula is C13H9Cl2N3O2S. The Morgan fingerprint density at radius 1 is 1.29 bits per heavy atom. The Hall–Kier alpha value is -1.76. The third-order valence-electron chi connectivity index (χ3n) is 2.79. The van der Waals surface area contributed by atoms with Gasteiger partial charge in [-0.2, -0.15) is 4.68 Å². The van der Waals surface area contributed by atoms with Crippen LogP contribution in [0.2, 0.25) is 9.36 Å². The number of thiophene rings is 1. The third-order valence-corrected chi connectivity index (χ3v) is 4.27. The van der Waals surface area contributed by atoms with Crippen LogP contribution in [0.1, 0.15) is 0 Å². The number of hydrogen-bond acceptors (Lipinski definition) is 4. The lowest BCUT2D eigenvalue weighted by Crippen LogP contribution is -2.16. The third kappa shape index (κ3) is 2.70. The zero-order chi connectivity index (χ0) is 15.0. The number of ether oxygens (including phenoxy) is 1. The molecule has 0 bridgehead atoms. The summed E-state index contributed by atoms with van der Waals surface area (Å²) in [5, 5.41) is 4.76. The van der Waals surface area contributed by atoms with Gasteiger partial charge in [-0.15, -0.1) is 16.4 Å². The molecule has 0 saturated carbocycles. The second-order valence-electron chi connectivity index (χ2n) is 4.11. The van der Waals surface area contributed by atoms with Crippen LogP contribution in [0.25, 0.3) is 16.4 Å². The van der Waals surface area contributed by atoms with Crippen LogP contribution >= 0.6 is 34.5 Å². The van der Waals surface area contributed by atoms with E-state index < -0.39 is 0 Å². The van der Waals surface area contributed by atoms with Crippen LogP contribution in [0.3, 0.4) is 0 Å². The lowest BCUT2D eigenvalue weighted by atomic mass is 10.3. The Kier molecular flexibility index (Phi) is 3.75. The molecule has 1 aromatic carbocycles. The Morgan fingerprint density at radius 3 is 2.76 bits per heavy atom. The highest BCUT2D eigenvalue weighted by Gasteiger charge is 2.14. The first-order valence-corrected chi connectivity index (χ1v) is 7.44. The van der Waals surface area contributed by atoms with E-state index in [-0.39, 0.29) is 5.69 Å². The smallest absolute Gasteiger partial charge is 0.348 e. The molecule has 2 aromatic heterocycles. The molecule has 0 unspecified atom stereocenters. The minimum atomic E-state index is -0.380. The van der Waals surface area contributed by atoms with Gasteiger partial charge in [0.15, 0.2) is 5.82 Å². The molecule has 0 aliphatic carbocycles. The maximum Gasteiger partial charge on any atom is 0.348 e. The molecule has 2 heterocycles. The van der Waals surface area contributed by atoms with Crippen LogP contribution in [-0.2, 0) is 0 Å². The number of rotatable bonds is 3. The zero-order valence-corrected chi connectivity index (χ0v) is 13.1. The molecular weight excluding hydrogens is 333 g/mol. The van der Waals surface area contributed by atoms with Crippen molar-refractivity contribution in [2.75, 3.05) is 7.11 Å². The molecule has 3 aromatic rings. The van der Waals surface area contributed by atoms with Crippen LogP contribution in [0.5, 0.6) is 5.75 Å². The Bertz CT molecular complexity index is 853. The number of methoxy groups -OCH3 is 1. The predicted molar refractivity (Wildman–Crippen MR) is 84.1 cm³/mol. The van der Waals surface area contributed by atoms with E-state index >= 15 is 0 Å². The first kappa shape index (κ1) is 14.2. The van der Waals surface area contributed by atoms with Gasteiger partial charge in [-0.05, 0) is 30.3 Å². The van der Waals surface area contributed by atoms with Crippen molar-refractivity contribution in [2.45, 2.75) is 0 Å². The van der Waals surface area contributed by atoms with Crippen LogP contribution in [-0.4, -0.2) is 21.9 Å².